The van der Waals surface area contributed by atoms with Crippen molar-refractivity contribution >= 4 is 23.2 Å². The number of hydrogen-bond acceptors (Lipinski definition) is 3. The van der Waals surface area contributed by atoms with E-state index in [1.54, 1.807) is 37.4 Å². The lowest BCUT2D eigenvalue weighted by molar-refractivity contribution is -0.119. The van der Waals surface area contributed by atoms with Crippen LogP contribution in [0.25, 0.3) is 0 Å². The number of methoxy groups -OCH3 is 1. The second-order valence-electron chi connectivity index (χ2n) is 5.72. The maximum Gasteiger partial charge on any atom is 0.238 e. The van der Waals surface area contributed by atoms with E-state index in [0.717, 1.165) is 18.5 Å². The Morgan fingerprint density at radius 1 is 1.33 bits per heavy atom. The molecule has 0 aromatic heterocycles. The van der Waals surface area contributed by atoms with E-state index in [2.05, 4.69) is 10.2 Å². The van der Waals surface area contributed by atoms with Crippen LogP contribution in [0, 0.1) is 5.82 Å². The number of amides is 1. The lowest BCUT2D eigenvalue weighted by Crippen LogP contribution is -2.45. The second kappa shape index (κ2) is 7.20. The van der Waals surface area contributed by atoms with Gasteiger partial charge in [0.25, 0.3) is 0 Å². The van der Waals surface area contributed by atoms with E-state index >= 15 is 0 Å². The molecule has 1 unspecified atom stereocenters. The molecule has 0 spiro atoms. The van der Waals surface area contributed by atoms with Crippen molar-refractivity contribution in [3.8, 4) is 5.75 Å². The van der Waals surface area contributed by atoms with Gasteiger partial charge in [-0.25, -0.2) is 4.39 Å². The maximum absolute atomic E-state index is 13.0. The molecule has 1 saturated heterocycles. The van der Waals surface area contributed by atoms with E-state index in [1.165, 1.54) is 12.1 Å². The summed E-state index contributed by atoms with van der Waals surface area (Å²) in [5, 5.41) is 3.28. The molecule has 126 valence electrons. The standard InChI is InChI=1S/C18H18ClFN2O2/c1-24-17-7-6-14(10-15(17)19)21-18(23)11-22-9-8-16(22)12-2-4-13(20)5-3-12/h2-7,10,16H,8-9,11H2,1H3,(H,21,23). The van der Waals surface area contributed by atoms with Gasteiger partial charge in [0.15, 0.2) is 0 Å². The van der Waals surface area contributed by atoms with Crippen molar-refractivity contribution in [2.45, 2.75) is 12.5 Å². The highest BCUT2D eigenvalue weighted by atomic mass is 35.5. The first kappa shape index (κ1) is 16.7. The number of likely N-dealkylation sites (tertiary alicyclic amines) is 1. The number of halogens is 2. The number of nitrogens with zero attached hydrogens (tertiary/aromatic N) is 1. The molecular formula is C18H18ClFN2O2. The van der Waals surface area contributed by atoms with Gasteiger partial charge in [-0.15, -0.1) is 0 Å². The molecule has 3 rings (SSSR count). The Morgan fingerprint density at radius 3 is 2.67 bits per heavy atom. The van der Waals surface area contributed by atoms with Crippen molar-refractivity contribution in [2.24, 2.45) is 0 Å². The lowest BCUT2D eigenvalue weighted by atomic mass is 9.95. The van der Waals surface area contributed by atoms with Crippen molar-refractivity contribution in [2.75, 3.05) is 25.5 Å². The van der Waals surface area contributed by atoms with Crippen molar-refractivity contribution < 1.29 is 13.9 Å². The minimum absolute atomic E-state index is 0.108. The summed E-state index contributed by atoms with van der Waals surface area (Å²) in [5.41, 5.74) is 1.66. The van der Waals surface area contributed by atoms with Gasteiger partial charge in [0.1, 0.15) is 11.6 Å². The van der Waals surface area contributed by atoms with Crippen molar-refractivity contribution in [1.82, 2.24) is 4.90 Å². The largest absolute Gasteiger partial charge is 0.495 e. The van der Waals surface area contributed by atoms with Crippen LogP contribution in [0.4, 0.5) is 10.1 Å². The highest BCUT2D eigenvalue weighted by Gasteiger charge is 2.30. The number of anilines is 1. The zero-order chi connectivity index (χ0) is 17.1. The first-order chi connectivity index (χ1) is 11.6. The van der Waals surface area contributed by atoms with Gasteiger partial charge in [-0.3, -0.25) is 9.69 Å². The molecule has 1 aliphatic heterocycles. The molecule has 4 nitrogen and oxygen atoms in total. The fourth-order valence-electron chi connectivity index (χ4n) is 2.82. The molecule has 6 heteroatoms. The van der Waals surface area contributed by atoms with Gasteiger partial charge in [-0.1, -0.05) is 23.7 Å². The van der Waals surface area contributed by atoms with Gasteiger partial charge < -0.3 is 10.1 Å². The molecule has 0 aliphatic carbocycles. The third-order valence-electron chi connectivity index (χ3n) is 4.17. The summed E-state index contributed by atoms with van der Waals surface area (Å²) < 4.78 is 18.1. The van der Waals surface area contributed by atoms with Gasteiger partial charge in [0.2, 0.25) is 5.91 Å². The predicted octanol–water partition coefficient (Wildman–Crippen LogP) is 3.87. The maximum atomic E-state index is 13.0. The van der Waals surface area contributed by atoms with Gasteiger partial charge in [-0.05, 0) is 42.3 Å². The molecule has 1 atom stereocenters. The van der Waals surface area contributed by atoms with Crippen LogP contribution in [0.15, 0.2) is 42.5 Å². The van der Waals surface area contributed by atoms with Crippen LogP contribution in [0.3, 0.4) is 0 Å². The first-order valence-corrected chi connectivity index (χ1v) is 8.07. The Labute approximate surface area is 145 Å². The molecular weight excluding hydrogens is 331 g/mol. The molecule has 1 N–H and O–H groups in total. The predicted molar refractivity (Wildman–Crippen MR) is 92.0 cm³/mol. The Kier molecular flexibility index (Phi) is 5.02. The fourth-order valence-corrected chi connectivity index (χ4v) is 3.08. The zero-order valence-corrected chi connectivity index (χ0v) is 14.0. The van der Waals surface area contributed by atoms with Crippen LogP contribution >= 0.6 is 11.6 Å². The molecule has 2 aromatic rings. The highest BCUT2D eigenvalue weighted by molar-refractivity contribution is 6.32. The van der Waals surface area contributed by atoms with E-state index in [-0.39, 0.29) is 24.3 Å². The molecule has 24 heavy (non-hydrogen) atoms. The zero-order valence-electron chi connectivity index (χ0n) is 13.3. The summed E-state index contributed by atoms with van der Waals surface area (Å²) in [5.74, 6) is 0.204. The fraction of sp³-hybridized carbons (Fsp3) is 0.278. The average Bonchev–Trinajstić information content (AvgIpc) is 2.54. The van der Waals surface area contributed by atoms with Crippen molar-refractivity contribution in [3.05, 3.63) is 58.9 Å². The molecule has 2 aromatic carbocycles. The van der Waals surface area contributed by atoms with Gasteiger partial charge in [-0.2, -0.15) is 0 Å². The Morgan fingerprint density at radius 2 is 2.08 bits per heavy atom. The van der Waals surface area contributed by atoms with Gasteiger partial charge in [0, 0.05) is 18.3 Å². The first-order valence-electron chi connectivity index (χ1n) is 7.69. The molecule has 0 radical (unpaired) electrons. The number of nitrogens with one attached hydrogen (secondary N) is 1. The number of carbonyl (C=O) groups is 1. The Bertz CT molecular complexity index is 736. The van der Waals surface area contributed by atoms with E-state index < -0.39 is 0 Å². The third-order valence-corrected chi connectivity index (χ3v) is 4.46. The number of carbonyl (C=O) groups excluding carboxylic acids is 1. The quantitative estimate of drug-likeness (QED) is 0.891. The average molecular weight is 349 g/mol. The smallest absolute Gasteiger partial charge is 0.238 e. The van der Waals surface area contributed by atoms with E-state index in [0.29, 0.717) is 16.5 Å². The van der Waals surface area contributed by atoms with Crippen LogP contribution in [-0.4, -0.2) is 31.0 Å². The Balaban J connectivity index is 1.59. The molecule has 1 aliphatic rings. The topological polar surface area (TPSA) is 41.6 Å². The summed E-state index contributed by atoms with van der Waals surface area (Å²) in [6.07, 6.45) is 0.966. The van der Waals surface area contributed by atoms with E-state index in [9.17, 15) is 9.18 Å². The summed E-state index contributed by atoms with van der Waals surface area (Å²) in [6.45, 7) is 1.13. The summed E-state index contributed by atoms with van der Waals surface area (Å²) in [4.78, 5) is 14.3. The number of hydrogen-bond donors (Lipinski definition) is 1. The molecule has 1 fully saturated rings. The van der Waals surface area contributed by atoms with Gasteiger partial charge in [0.05, 0.1) is 18.7 Å². The summed E-state index contributed by atoms with van der Waals surface area (Å²) in [6, 6.07) is 11.7. The second-order valence-corrected chi connectivity index (χ2v) is 6.13. The van der Waals surface area contributed by atoms with Crippen LogP contribution < -0.4 is 10.1 Å². The van der Waals surface area contributed by atoms with E-state index in [4.69, 9.17) is 16.3 Å². The summed E-state index contributed by atoms with van der Waals surface area (Å²) >= 11 is 6.06. The molecule has 0 saturated carbocycles. The lowest BCUT2D eigenvalue weighted by Gasteiger charge is -2.40. The van der Waals surface area contributed by atoms with Crippen LogP contribution in [0.1, 0.15) is 18.0 Å². The minimum Gasteiger partial charge on any atom is -0.495 e. The number of rotatable bonds is 5. The highest BCUT2D eigenvalue weighted by Crippen LogP contribution is 2.33. The van der Waals surface area contributed by atoms with Crippen molar-refractivity contribution in [1.29, 1.82) is 0 Å². The van der Waals surface area contributed by atoms with E-state index in [1.807, 2.05) is 0 Å². The van der Waals surface area contributed by atoms with Crippen molar-refractivity contribution in [3.63, 3.8) is 0 Å². The monoisotopic (exact) mass is 348 g/mol. The van der Waals surface area contributed by atoms with Crippen LogP contribution in [0.2, 0.25) is 5.02 Å². The number of benzene rings is 2. The summed E-state index contributed by atoms with van der Waals surface area (Å²) in [7, 11) is 1.54. The van der Waals surface area contributed by atoms with Gasteiger partial charge >= 0.3 is 0 Å². The molecule has 1 amide bonds. The number of ether oxygens (including phenoxy) is 1. The third kappa shape index (κ3) is 3.68. The van der Waals surface area contributed by atoms with Crippen LogP contribution in [0.5, 0.6) is 5.75 Å². The SMILES string of the molecule is COc1ccc(NC(=O)CN2CCC2c2ccc(F)cc2)cc1Cl. The molecule has 1 heterocycles. The van der Waals surface area contributed by atoms with Crippen LogP contribution in [-0.2, 0) is 4.79 Å². The molecule has 0 bridgehead atoms. The Hall–Kier alpha value is -2.11. The minimum atomic E-state index is -0.251. The normalized spacial score (nSPS) is 17.2.